The molecule has 180 valence electrons. The summed E-state index contributed by atoms with van der Waals surface area (Å²) < 4.78 is 32.1. The van der Waals surface area contributed by atoms with Gasteiger partial charge in [0, 0.05) is 23.2 Å². The molecule has 9 heteroatoms. The van der Waals surface area contributed by atoms with Gasteiger partial charge in [0.25, 0.3) is 0 Å². The largest absolute Gasteiger partial charge is 0.489 e. The molecule has 0 radical (unpaired) electrons. The summed E-state index contributed by atoms with van der Waals surface area (Å²) >= 11 is 0. The topological polar surface area (TPSA) is 109 Å². The van der Waals surface area contributed by atoms with E-state index in [9.17, 15) is 13.2 Å². The van der Waals surface area contributed by atoms with Gasteiger partial charge < -0.3 is 9.64 Å². The number of hydroxylamine groups is 1. The van der Waals surface area contributed by atoms with E-state index in [1.54, 1.807) is 17.6 Å². The van der Waals surface area contributed by atoms with Gasteiger partial charge in [-0.15, -0.1) is 0 Å². The summed E-state index contributed by atoms with van der Waals surface area (Å²) in [4.78, 5) is 18.8. The first-order valence-electron chi connectivity index (χ1n) is 11.2. The summed E-state index contributed by atoms with van der Waals surface area (Å²) in [5, 5.41) is 10.1. The predicted octanol–water partition coefficient (Wildman–Crippen LogP) is 2.97. The molecule has 2 aromatic carbocycles. The van der Waals surface area contributed by atoms with Gasteiger partial charge in [-0.1, -0.05) is 18.2 Å². The van der Waals surface area contributed by atoms with E-state index in [2.05, 4.69) is 4.98 Å². The van der Waals surface area contributed by atoms with Crippen molar-refractivity contribution in [3.05, 3.63) is 65.9 Å². The quantitative estimate of drug-likeness (QED) is 0.393. The zero-order valence-electron chi connectivity index (χ0n) is 19.3. The number of hydrogen-bond donors (Lipinski definition) is 2. The van der Waals surface area contributed by atoms with E-state index in [-0.39, 0.29) is 16.6 Å². The molecule has 0 aliphatic carbocycles. The Morgan fingerprint density at radius 3 is 2.68 bits per heavy atom. The minimum absolute atomic E-state index is 0.151. The lowest BCUT2D eigenvalue weighted by atomic mass is 9.86. The summed E-state index contributed by atoms with van der Waals surface area (Å²) in [6.45, 7) is 3.38. The van der Waals surface area contributed by atoms with Gasteiger partial charge in [-0.05, 0) is 69.3 Å². The van der Waals surface area contributed by atoms with Crippen molar-refractivity contribution in [2.24, 2.45) is 11.8 Å². The molecule has 1 fully saturated rings. The average Bonchev–Trinajstić information content (AvgIpc) is 2.83. The second kappa shape index (κ2) is 10.1. The fourth-order valence-corrected chi connectivity index (χ4v) is 6.25. The fourth-order valence-electron chi connectivity index (χ4n) is 4.54. The van der Waals surface area contributed by atoms with Crippen LogP contribution in [0.25, 0.3) is 10.9 Å². The van der Waals surface area contributed by atoms with Crippen molar-refractivity contribution in [1.82, 2.24) is 15.4 Å². The number of nitrogens with one attached hydrogen (secondary N) is 1. The van der Waals surface area contributed by atoms with Gasteiger partial charge >= 0.3 is 0 Å². The molecule has 4 rings (SSSR count). The second-order valence-corrected chi connectivity index (χ2v) is 10.9. The van der Waals surface area contributed by atoms with E-state index in [1.807, 2.05) is 49.2 Å². The standard InChI is InChI=1S/C25H29N3O5S/c1-17-13-19(22-5-3-4-6-24(22)26-17)15-33-20-7-9-21(10-8-20)34(31,32)16-18-11-12-28(2)14-23(18)25(29)27-30/h3-10,13,18,23,30H,11-12,14-16H2,1-2H3,(H,27,29)/t18-,23-/m0/s1. The van der Waals surface area contributed by atoms with Crippen LogP contribution in [0.2, 0.25) is 0 Å². The third-order valence-corrected chi connectivity index (χ3v) is 8.20. The minimum Gasteiger partial charge on any atom is -0.489 e. The Bertz CT molecular complexity index is 1280. The average molecular weight is 484 g/mol. The first-order chi connectivity index (χ1) is 16.3. The van der Waals surface area contributed by atoms with Gasteiger partial charge in [-0.3, -0.25) is 15.0 Å². The highest BCUT2D eigenvalue weighted by atomic mass is 32.2. The molecule has 8 nitrogen and oxygen atoms in total. The van der Waals surface area contributed by atoms with Crippen LogP contribution >= 0.6 is 0 Å². The normalized spacial score (nSPS) is 19.1. The number of pyridine rings is 1. The number of sulfone groups is 1. The molecule has 0 saturated carbocycles. The molecule has 0 unspecified atom stereocenters. The number of hydrogen-bond acceptors (Lipinski definition) is 7. The Labute approximate surface area is 199 Å². The Balaban J connectivity index is 1.45. The number of amides is 1. The molecule has 2 atom stereocenters. The summed E-state index contributed by atoms with van der Waals surface area (Å²) in [6.07, 6.45) is 0.564. The maximum atomic E-state index is 13.1. The molecule has 1 aliphatic heterocycles. The monoisotopic (exact) mass is 483 g/mol. The third-order valence-electron chi connectivity index (χ3n) is 6.35. The molecule has 34 heavy (non-hydrogen) atoms. The van der Waals surface area contributed by atoms with E-state index in [0.29, 0.717) is 31.9 Å². The van der Waals surface area contributed by atoms with Crippen LogP contribution in [0.15, 0.2) is 59.5 Å². The van der Waals surface area contributed by atoms with Crippen molar-refractivity contribution in [1.29, 1.82) is 0 Å². The van der Waals surface area contributed by atoms with Crippen LogP contribution in [-0.4, -0.2) is 55.3 Å². The number of benzene rings is 2. The number of para-hydroxylation sites is 1. The van der Waals surface area contributed by atoms with Crippen LogP contribution < -0.4 is 10.2 Å². The number of rotatable bonds is 7. The molecular weight excluding hydrogens is 454 g/mol. The molecular formula is C25H29N3O5S. The van der Waals surface area contributed by atoms with Crippen molar-refractivity contribution >= 4 is 26.6 Å². The third kappa shape index (κ3) is 5.38. The summed E-state index contributed by atoms with van der Waals surface area (Å²) in [7, 11) is -1.74. The molecule has 2 heterocycles. The molecule has 3 aromatic rings. The lowest BCUT2D eigenvalue weighted by molar-refractivity contribution is -0.136. The Hall–Kier alpha value is -3.01. The van der Waals surface area contributed by atoms with Gasteiger partial charge in [-0.25, -0.2) is 13.9 Å². The van der Waals surface area contributed by atoms with Crippen molar-refractivity contribution in [2.75, 3.05) is 25.9 Å². The molecule has 0 spiro atoms. The maximum Gasteiger partial charge on any atom is 0.248 e. The van der Waals surface area contributed by atoms with Crippen LogP contribution in [-0.2, 0) is 21.2 Å². The van der Waals surface area contributed by atoms with Crippen LogP contribution in [0.5, 0.6) is 5.75 Å². The van der Waals surface area contributed by atoms with Crippen molar-refractivity contribution in [3.8, 4) is 5.75 Å². The number of likely N-dealkylation sites (tertiary alicyclic amines) is 1. The Morgan fingerprint density at radius 2 is 1.94 bits per heavy atom. The van der Waals surface area contributed by atoms with Crippen molar-refractivity contribution in [2.45, 2.75) is 24.8 Å². The zero-order valence-corrected chi connectivity index (χ0v) is 20.1. The predicted molar refractivity (Wildman–Crippen MR) is 128 cm³/mol. The molecule has 1 aromatic heterocycles. The number of aromatic nitrogens is 1. The van der Waals surface area contributed by atoms with E-state index < -0.39 is 21.7 Å². The number of carbonyl (C=O) groups is 1. The number of fused-ring (bicyclic) bond motifs is 1. The minimum atomic E-state index is -3.61. The first-order valence-corrected chi connectivity index (χ1v) is 12.9. The molecule has 2 N–H and O–H groups in total. The van der Waals surface area contributed by atoms with Crippen LogP contribution in [0, 0.1) is 18.8 Å². The lowest BCUT2D eigenvalue weighted by Crippen LogP contribution is -2.47. The zero-order chi connectivity index (χ0) is 24.3. The summed E-state index contributed by atoms with van der Waals surface area (Å²) in [5.74, 6) is -1.09. The number of ether oxygens (including phenoxy) is 1. The molecule has 0 bridgehead atoms. The van der Waals surface area contributed by atoms with Crippen LogP contribution in [0.1, 0.15) is 17.7 Å². The van der Waals surface area contributed by atoms with Crippen LogP contribution in [0.3, 0.4) is 0 Å². The van der Waals surface area contributed by atoms with Gasteiger partial charge in [0.05, 0.1) is 22.1 Å². The van der Waals surface area contributed by atoms with Gasteiger partial charge in [-0.2, -0.15) is 0 Å². The molecule has 1 amide bonds. The van der Waals surface area contributed by atoms with Crippen molar-refractivity contribution in [3.63, 3.8) is 0 Å². The summed E-state index contributed by atoms with van der Waals surface area (Å²) in [6, 6.07) is 16.2. The second-order valence-electron chi connectivity index (χ2n) is 8.87. The smallest absolute Gasteiger partial charge is 0.248 e. The van der Waals surface area contributed by atoms with Gasteiger partial charge in [0.2, 0.25) is 5.91 Å². The number of piperidine rings is 1. The van der Waals surface area contributed by atoms with E-state index in [4.69, 9.17) is 9.94 Å². The van der Waals surface area contributed by atoms with Crippen molar-refractivity contribution < 1.29 is 23.2 Å². The highest BCUT2D eigenvalue weighted by Crippen LogP contribution is 2.28. The van der Waals surface area contributed by atoms with E-state index >= 15 is 0 Å². The molecule has 1 aliphatic rings. The Kier molecular flexibility index (Phi) is 7.16. The van der Waals surface area contributed by atoms with E-state index in [1.165, 1.54) is 12.1 Å². The van der Waals surface area contributed by atoms with E-state index in [0.717, 1.165) is 22.2 Å². The molecule has 1 saturated heterocycles. The van der Waals surface area contributed by atoms with Gasteiger partial charge in [0.1, 0.15) is 12.4 Å². The number of aryl methyl sites for hydroxylation is 1. The van der Waals surface area contributed by atoms with Crippen LogP contribution in [0.4, 0.5) is 0 Å². The SMILES string of the molecule is Cc1cc(COc2ccc(S(=O)(=O)C[C@@H]3CCN(C)C[C@@H]3C(=O)NO)cc2)c2ccccc2n1. The number of carbonyl (C=O) groups excluding carboxylic acids is 1. The number of nitrogens with zero attached hydrogens (tertiary/aromatic N) is 2. The maximum absolute atomic E-state index is 13.1. The Morgan fingerprint density at radius 1 is 1.21 bits per heavy atom. The highest BCUT2D eigenvalue weighted by molar-refractivity contribution is 7.91. The highest BCUT2D eigenvalue weighted by Gasteiger charge is 2.36. The first kappa shape index (κ1) is 24.1. The fraction of sp³-hybridized carbons (Fsp3) is 0.360. The lowest BCUT2D eigenvalue weighted by Gasteiger charge is -2.35. The van der Waals surface area contributed by atoms with Gasteiger partial charge in [0.15, 0.2) is 9.84 Å². The summed E-state index contributed by atoms with van der Waals surface area (Å²) in [5.41, 5.74) is 4.50.